The molecular weight excluding hydrogens is 186 g/mol. The first-order valence-corrected chi connectivity index (χ1v) is 4.93. The van der Waals surface area contributed by atoms with E-state index in [9.17, 15) is 0 Å². The molecule has 0 atom stereocenters. The van der Waals surface area contributed by atoms with Crippen LogP contribution < -0.4 is 4.74 Å². The second kappa shape index (κ2) is 3.02. The van der Waals surface area contributed by atoms with E-state index in [0.29, 0.717) is 0 Å². The van der Waals surface area contributed by atoms with Gasteiger partial charge in [0.2, 0.25) is 0 Å². The minimum atomic E-state index is 0.924. The summed E-state index contributed by atoms with van der Waals surface area (Å²) >= 11 is 0. The van der Waals surface area contributed by atoms with Crippen LogP contribution in [0.2, 0.25) is 0 Å². The van der Waals surface area contributed by atoms with Crippen molar-refractivity contribution in [3.63, 3.8) is 0 Å². The van der Waals surface area contributed by atoms with E-state index >= 15 is 0 Å². The summed E-state index contributed by atoms with van der Waals surface area (Å²) in [4.78, 5) is 3.21. The number of benzene rings is 2. The molecule has 2 nitrogen and oxygen atoms in total. The maximum absolute atomic E-state index is 5.47. The predicted octanol–water partition coefficient (Wildman–Crippen LogP) is 3.33. The molecule has 0 fully saturated rings. The number of hydrogen-bond acceptors (Lipinski definition) is 1. The van der Waals surface area contributed by atoms with Crippen molar-refractivity contribution in [2.75, 3.05) is 7.11 Å². The molecule has 0 unspecified atom stereocenters. The summed E-state index contributed by atoms with van der Waals surface area (Å²) in [5, 5.41) is 3.54. The quantitative estimate of drug-likeness (QED) is 0.636. The van der Waals surface area contributed by atoms with E-state index in [1.807, 2.05) is 18.3 Å². The van der Waals surface area contributed by atoms with E-state index in [1.54, 1.807) is 7.11 Å². The van der Waals surface area contributed by atoms with Crippen molar-refractivity contribution in [3.05, 3.63) is 42.6 Å². The molecule has 2 aromatic carbocycles. The van der Waals surface area contributed by atoms with Crippen molar-refractivity contribution in [2.45, 2.75) is 0 Å². The Morgan fingerprint density at radius 1 is 1.07 bits per heavy atom. The molecule has 15 heavy (non-hydrogen) atoms. The van der Waals surface area contributed by atoms with Crippen LogP contribution >= 0.6 is 0 Å². The highest BCUT2D eigenvalue weighted by Crippen LogP contribution is 2.33. The Morgan fingerprint density at radius 2 is 1.93 bits per heavy atom. The standard InChI is InChI=1S/C13H11NO/c1-15-13-11-5-3-2-4-9(11)8-10-6-7-14-12(10)13/h2-8,14H,1H3. The number of ether oxygens (including phenoxy) is 1. The topological polar surface area (TPSA) is 25.0 Å². The van der Waals surface area contributed by atoms with Gasteiger partial charge in [-0.05, 0) is 17.5 Å². The summed E-state index contributed by atoms with van der Waals surface area (Å²) in [6.45, 7) is 0. The lowest BCUT2D eigenvalue weighted by molar-refractivity contribution is 0.424. The first kappa shape index (κ1) is 8.36. The molecule has 3 rings (SSSR count). The smallest absolute Gasteiger partial charge is 0.150 e. The zero-order chi connectivity index (χ0) is 10.3. The number of H-pyrrole nitrogens is 1. The number of rotatable bonds is 1. The lowest BCUT2D eigenvalue weighted by Crippen LogP contribution is -1.86. The zero-order valence-corrected chi connectivity index (χ0v) is 8.45. The maximum Gasteiger partial charge on any atom is 0.150 e. The predicted molar refractivity (Wildman–Crippen MR) is 62.4 cm³/mol. The van der Waals surface area contributed by atoms with Gasteiger partial charge in [-0.25, -0.2) is 0 Å². The molecule has 0 saturated heterocycles. The molecule has 1 heterocycles. The Morgan fingerprint density at radius 3 is 2.80 bits per heavy atom. The largest absolute Gasteiger partial charge is 0.494 e. The van der Waals surface area contributed by atoms with Crippen LogP contribution in [-0.4, -0.2) is 12.1 Å². The fourth-order valence-corrected chi connectivity index (χ4v) is 2.04. The van der Waals surface area contributed by atoms with Crippen molar-refractivity contribution in [1.82, 2.24) is 4.98 Å². The van der Waals surface area contributed by atoms with Gasteiger partial charge in [-0.1, -0.05) is 24.3 Å². The molecular formula is C13H11NO. The second-order valence-corrected chi connectivity index (χ2v) is 3.57. The van der Waals surface area contributed by atoms with Crippen LogP contribution in [0.3, 0.4) is 0 Å². The summed E-state index contributed by atoms with van der Waals surface area (Å²) in [7, 11) is 1.71. The number of nitrogens with one attached hydrogen (secondary N) is 1. The average Bonchev–Trinajstić information content (AvgIpc) is 2.73. The third-order valence-electron chi connectivity index (χ3n) is 2.73. The van der Waals surface area contributed by atoms with E-state index in [2.05, 4.69) is 29.2 Å². The number of aromatic amines is 1. The number of hydrogen-bond donors (Lipinski definition) is 1. The minimum absolute atomic E-state index is 0.924. The molecule has 0 amide bonds. The number of methoxy groups -OCH3 is 1. The highest BCUT2D eigenvalue weighted by atomic mass is 16.5. The third kappa shape index (κ3) is 1.11. The van der Waals surface area contributed by atoms with E-state index in [1.165, 1.54) is 10.8 Å². The van der Waals surface area contributed by atoms with Crippen LogP contribution in [0.1, 0.15) is 0 Å². The van der Waals surface area contributed by atoms with Gasteiger partial charge in [-0.15, -0.1) is 0 Å². The Bertz CT molecular complexity index is 625. The first-order valence-electron chi connectivity index (χ1n) is 4.93. The van der Waals surface area contributed by atoms with Gasteiger partial charge >= 0.3 is 0 Å². The SMILES string of the molecule is COc1c2ccccc2cc2cc[nH]c12. The molecule has 0 bridgehead atoms. The molecule has 0 radical (unpaired) electrons. The van der Waals surface area contributed by atoms with Crippen LogP contribution in [0, 0.1) is 0 Å². The van der Waals surface area contributed by atoms with Crippen LogP contribution in [0.4, 0.5) is 0 Å². The number of fused-ring (bicyclic) bond motifs is 2. The fraction of sp³-hybridized carbons (Fsp3) is 0.0769. The maximum atomic E-state index is 5.47. The molecule has 1 aromatic heterocycles. The molecule has 0 aliphatic rings. The molecule has 0 saturated carbocycles. The van der Waals surface area contributed by atoms with Crippen molar-refractivity contribution >= 4 is 21.7 Å². The molecule has 2 heteroatoms. The molecule has 0 aliphatic heterocycles. The van der Waals surface area contributed by atoms with Crippen molar-refractivity contribution in [3.8, 4) is 5.75 Å². The Hall–Kier alpha value is -1.96. The summed E-state index contributed by atoms with van der Waals surface area (Å²) < 4.78 is 5.47. The van der Waals surface area contributed by atoms with Gasteiger partial charge < -0.3 is 9.72 Å². The van der Waals surface area contributed by atoms with Crippen molar-refractivity contribution in [2.24, 2.45) is 0 Å². The van der Waals surface area contributed by atoms with E-state index < -0.39 is 0 Å². The van der Waals surface area contributed by atoms with Crippen LogP contribution in [0.5, 0.6) is 5.75 Å². The average molecular weight is 197 g/mol. The third-order valence-corrected chi connectivity index (χ3v) is 2.73. The minimum Gasteiger partial charge on any atom is -0.494 e. The monoisotopic (exact) mass is 197 g/mol. The lowest BCUT2D eigenvalue weighted by Gasteiger charge is -2.06. The molecule has 74 valence electrons. The van der Waals surface area contributed by atoms with E-state index in [4.69, 9.17) is 4.74 Å². The van der Waals surface area contributed by atoms with Gasteiger partial charge in [0.25, 0.3) is 0 Å². The number of aromatic nitrogens is 1. The Balaban J connectivity index is 2.57. The summed E-state index contributed by atoms with van der Waals surface area (Å²) in [5.41, 5.74) is 1.07. The highest BCUT2D eigenvalue weighted by molar-refractivity contribution is 6.03. The fourth-order valence-electron chi connectivity index (χ4n) is 2.04. The molecule has 1 N–H and O–H groups in total. The first-order chi connectivity index (χ1) is 7.40. The van der Waals surface area contributed by atoms with Crippen LogP contribution in [0.25, 0.3) is 21.7 Å². The van der Waals surface area contributed by atoms with E-state index in [-0.39, 0.29) is 0 Å². The van der Waals surface area contributed by atoms with Gasteiger partial charge in [-0.3, -0.25) is 0 Å². The molecule has 0 spiro atoms. The van der Waals surface area contributed by atoms with Crippen molar-refractivity contribution < 1.29 is 4.74 Å². The van der Waals surface area contributed by atoms with Crippen LogP contribution in [-0.2, 0) is 0 Å². The summed E-state index contributed by atoms with van der Waals surface area (Å²) in [6.07, 6.45) is 1.94. The Labute approximate surface area is 87.5 Å². The lowest BCUT2D eigenvalue weighted by atomic mass is 10.1. The van der Waals surface area contributed by atoms with Gasteiger partial charge in [-0.2, -0.15) is 0 Å². The second-order valence-electron chi connectivity index (χ2n) is 3.57. The normalized spacial score (nSPS) is 11.0. The molecule has 3 aromatic rings. The van der Waals surface area contributed by atoms with Crippen LogP contribution in [0.15, 0.2) is 42.6 Å². The van der Waals surface area contributed by atoms with Crippen molar-refractivity contribution in [1.29, 1.82) is 0 Å². The van der Waals surface area contributed by atoms with Gasteiger partial charge in [0.15, 0.2) is 5.75 Å². The zero-order valence-electron chi connectivity index (χ0n) is 8.45. The highest BCUT2D eigenvalue weighted by Gasteiger charge is 2.07. The van der Waals surface area contributed by atoms with Gasteiger partial charge in [0.05, 0.1) is 12.6 Å². The van der Waals surface area contributed by atoms with E-state index in [0.717, 1.165) is 16.7 Å². The van der Waals surface area contributed by atoms with Gasteiger partial charge in [0, 0.05) is 17.0 Å². The molecule has 0 aliphatic carbocycles. The summed E-state index contributed by atoms with van der Waals surface area (Å²) in [5.74, 6) is 0.924. The van der Waals surface area contributed by atoms with Gasteiger partial charge in [0.1, 0.15) is 0 Å². The summed E-state index contributed by atoms with van der Waals surface area (Å²) in [6, 6.07) is 12.5. The Kier molecular flexibility index (Phi) is 1.68.